The Hall–Kier alpha value is 0.292. The van der Waals surface area contributed by atoms with Crippen LogP contribution in [0.1, 0.15) is 0 Å². The van der Waals surface area contributed by atoms with Crippen molar-refractivity contribution in [1.82, 2.24) is 0 Å². The zero-order valence-electron chi connectivity index (χ0n) is 3.83. The minimum atomic E-state index is 0. The van der Waals surface area contributed by atoms with Gasteiger partial charge in [0.25, 0.3) is 0 Å². The lowest BCUT2D eigenvalue weighted by Crippen LogP contribution is -1.73. The van der Waals surface area contributed by atoms with Crippen molar-refractivity contribution in [3.8, 4) is 0 Å². The van der Waals surface area contributed by atoms with Crippen LogP contribution in [0.4, 0.5) is 4.70 Å². The summed E-state index contributed by atoms with van der Waals surface area (Å²) in [7, 11) is 1.97. The van der Waals surface area contributed by atoms with Gasteiger partial charge in [-0.1, -0.05) is 12.2 Å². The third-order valence-electron chi connectivity index (χ3n) is 0.614. The van der Waals surface area contributed by atoms with Crippen LogP contribution in [-0.2, 0) is 0 Å². The maximum absolute atomic E-state index is 2.28. The fourth-order valence-electron chi connectivity index (χ4n) is 0.346. The Morgan fingerprint density at radius 1 is 1.29 bits per heavy atom. The van der Waals surface area contributed by atoms with Gasteiger partial charge in [0.15, 0.2) is 0 Å². The minimum absolute atomic E-state index is 0. The van der Waals surface area contributed by atoms with Crippen molar-refractivity contribution >= 4 is 24.2 Å². The number of allylic oxidation sites excluding steroid dienone is 2. The molecule has 1 aliphatic heterocycles. The molecule has 0 fully saturated rings. The van der Waals surface area contributed by atoms with Crippen LogP contribution in [0.15, 0.2) is 22.5 Å². The summed E-state index contributed by atoms with van der Waals surface area (Å²) in [6.07, 6.45) is 4.21. The van der Waals surface area contributed by atoms with Crippen molar-refractivity contribution in [2.75, 3.05) is 0 Å². The summed E-state index contributed by atoms with van der Waals surface area (Å²) in [6.45, 7) is 0. The number of rotatable bonds is 0. The van der Waals surface area contributed by atoms with Crippen molar-refractivity contribution in [2.24, 2.45) is 0 Å². The Labute approximate surface area is 51.8 Å². The molecule has 1 rings (SSSR count). The van der Waals surface area contributed by atoms with E-state index in [0.29, 0.717) is 0 Å². The molecule has 0 spiro atoms. The predicted octanol–water partition coefficient (Wildman–Crippen LogP) is 1.26. The lowest BCUT2D eigenvalue weighted by molar-refractivity contribution is 1.11. The van der Waals surface area contributed by atoms with Crippen molar-refractivity contribution in [1.29, 1.82) is 0 Å². The molecule has 3 heteroatoms. The molecule has 38 valence electrons. The molecule has 1 heterocycles. The van der Waals surface area contributed by atoms with Crippen LogP contribution in [0.2, 0.25) is 0 Å². The van der Waals surface area contributed by atoms with Gasteiger partial charge in [-0.05, 0) is 5.41 Å². The Morgan fingerprint density at radius 3 is 2.29 bits per heavy atom. The molecule has 0 aromatic carbocycles. The Balaban J connectivity index is 0.000000360. The van der Waals surface area contributed by atoms with E-state index < -0.39 is 0 Å². The molecule has 0 amide bonds. The molecule has 0 unspecified atom stereocenters. The Bertz CT molecular complexity index is 77.7. The molecule has 1 aliphatic rings. The molecule has 0 saturated carbocycles. The van der Waals surface area contributed by atoms with Gasteiger partial charge in [0.05, 0.1) is 0 Å². The second-order valence-corrected chi connectivity index (χ2v) is 4.50. The van der Waals surface area contributed by atoms with Gasteiger partial charge in [0.1, 0.15) is 0 Å². The van der Waals surface area contributed by atoms with Crippen LogP contribution in [0.5, 0.6) is 0 Å². The quantitative estimate of drug-likeness (QED) is 0.447. The third kappa shape index (κ3) is 2.93. The van der Waals surface area contributed by atoms with Gasteiger partial charge in [-0.25, -0.2) is 10.1 Å². The van der Waals surface area contributed by atoms with Crippen LogP contribution in [-0.4, -0.2) is 14.1 Å². The van der Waals surface area contributed by atoms with Crippen LogP contribution < -0.4 is 0 Å². The zero-order valence-corrected chi connectivity index (χ0v) is 6.06. The van der Waals surface area contributed by atoms with E-state index in [-0.39, 0.29) is 18.8 Å². The summed E-state index contributed by atoms with van der Waals surface area (Å²) < 4.78 is 0. The van der Waals surface area contributed by atoms with Gasteiger partial charge in [0.2, 0.25) is 0 Å². The summed E-state index contributed by atoms with van der Waals surface area (Å²) in [6, 6.07) is 0. The molecule has 7 heavy (non-hydrogen) atoms. The molecule has 0 aromatic heterocycles. The van der Waals surface area contributed by atoms with Gasteiger partial charge < -0.3 is 0 Å². The van der Waals surface area contributed by atoms with Gasteiger partial charge in [-0.15, -0.1) is 4.94 Å². The third-order valence-corrected chi connectivity index (χ3v) is 3.35. The molecule has 0 saturated heterocycles. The second-order valence-electron chi connectivity index (χ2n) is 1.09. The summed E-state index contributed by atoms with van der Waals surface area (Å²) in [5.74, 6) is 0. The summed E-state index contributed by atoms with van der Waals surface area (Å²) >= 11 is 0.158. The number of hydrogen-bond acceptors (Lipinski definition) is 1. The summed E-state index contributed by atoms with van der Waals surface area (Å²) in [5, 5.41) is 2.16. The van der Waals surface area contributed by atoms with Gasteiger partial charge in [-0.2, -0.15) is 0 Å². The van der Waals surface area contributed by atoms with E-state index >= 15 is 0 Å². The van der Waals surface area contributed by atoms with Crippen molar-refractivity contribution in [2.45, 2.75) is 0 Å². The normalized spacial score (nSPS) is 14.9. The maximum Gasteiger partial charge on any atom is 0.363 e. The van der Waals surface area contributed by atoms with Crippen LogP contribution in [0, 0.1) is 0 Å². The van der Waals surface area contributed by atoms with Gasteiger partial charge in [-0.3, -0.25) is 4.70 Å². The molecular weight excluding hydrogens is 126 g/mol. The highest BCUT2D eigenvalue weighted by atomic mass is 32.3. The lowest BCUT2D eigenvalue weighted by Gasteiger charge is -1.85. The van der Waals surface area contributed by atoms with E-state index in [0.717, 1.165) is 0 Å². The maximum atomic E-state index is 2.28. The predicted molar refractivity (Wildman–Crippen MR) is 35.5 cm³/mol. The topological polar surface area (TPSA) is 0 Å². The summed E-state index contributed by atoms with van der Waals surface area (Å²) in [4.78, 5) is 2.28. The molecule has 0 aliphatic carbocycles. The molecule has 0 radical (unpaired) electrons. The lowest BCUT2D eigenvalue weighted by atomic mass is 10.6. The highest BCUT2D eigenvalue weighted by Crippen LogP contribution is 2.03. The van der Waals surface area contributed by atoms with E-state index in [9.17, 15) is 0 Å². The van der Waals surface area contributed by atoms with Crippen molar-refractivity contribution < 1.29 is 4.70 Å². The van der Waals surface area contributed by atoms with Gasteiger partial charge in [0, 0.05) is 0 Å². The zero-order chi connectivity index (χ0) is 4.24. The van der Waals surface area contributed by atoms with Crippen LogP contribution in [0.25, 0.3) is 0 Å². The highest BCUT2D eigenvalue weighted by Gasteiger charge is 1.83. The van der Waals surface area contributed by atoms with Crippen LogP contribution in [0.3, 0.4) is 0 Å². The SMILES string of the molecule is C1=[CH][AlH][S]C=C1.F. The molecule has 0 N–H and O–H groups in total. The molecule has 0 bridgehead atoms. The first-order valence-electron chi connectivity index (χ1n) is 1.93. The monoisotopic (exact) mass is 132 g/mol. The molecule has 0 aromatic rings. The largest absolute Gasteiger partial charge is 0.363 e. The van der Waals surface area contributed by atoms with E-state index in [1.807, 2.05) is 10.1 Å². The Kier molecular flexibility index (Phi) is 4.64. The first-order chi connectivity index (χ1) is 3.00. The average molecular weight is 132 g/mol. The number of hydrogen-bond donors (Lipinski definition) is 0. The Morgan fingerprint density at radius 2 is 2.14 bits per heavy atom. The fourth-order valence-corrected chi connectivity index (χ4v) is 2.37. The van der Waals surface area contributed by atoms with Gasteiger partial charge >= 0.3 is 14.1 Å². The van der Waals surface area contributed by atoms with Crippen molar-refractivity contribution in [3.05, 3.63) is 22.5 Å². The van der Waals surface area contributed by atoms with E-state index in [1.165, 1.54) is 0 Å². The fraction of sp³-hybridized carbons (Fsp3) is 0. The summed E-state index contributed by atoms with van der Waals surface area (Å²) in [5.41, 5.74) is 0. The first kappa shape index (κ1) is 7.29. The second kappa shape index (κ2) is 4.45. The van der Waals surface area contributed by atoms with Crippen LogP contribution >= 0.6 is 10.1 Å². The number of halogens is 1. The highest BCUT2D eigenvalue weighted by molar-refractivity contribution is 8.25. The molecule has 0 atom stereocenters. The standard InChI is InChI=1S/C4H5S.Al.FH.H/c1-2-3-4-5;;;/h1-5H;;1H;/q;+1;;/p-1. The van der Waals surface area contributed by atoms with E-state index in [1.54, 1.807) is 0 Å². The van der Waals surface area contributed by atoms with Crippen molar-refractivity contribution in [3.63, 3.8) is 0 Å². The first-order valence-corrected chi connectivity index (χ1v) is 5.53. The van der Waals surface area contributed by atoms with E-state index in [4.69, 9.17) is 0 Å². The van der Waals surface area contributed by atoms with E-state index in [2.05, 4.69) is 22.5 Å². The molecular formula is C4H6AlFS. The molecule has 0 nitrogen and oxygen atoms in total. The smallest absolute Gasteiger partial charge is 0.269 e. The minimum Gasteiger partial charge on any atom is -0.269 e. The average Bonchev–Trinajstić information content (AvgIpc) is 1.72.